The van der Waals surface area contributed by atoms with Gasteiger partial charge < -0.3 is 19.8 Å². The lowest BCUT2D eigenvalue weighted by molar-refractivity contribution is -0.138. The van der Waals surface area contributed by atoms with Crippen molar-refractivity contribution in [3.05, 3.63) is 53.6 Å². The van der Waals surface area contributed by atoms with Crippen LogP contribution in [0.1, 0.15) is 60.5 Å². The van der Waals surface area contributed by atoms with Gasteiger partial charge in [0.15, 0.2) is 0 Å². The minimum absolute atomic E-state index is 0.00215. The van der Waals surface area contributed by atoms with Crippen LogP contribution in [0, 0.1) is 11.8 Å². The smallest absolute Gasteiger partial charge is 0.253 e. The normalized spacial score (nSPS) is 24.2. The van der Waals surface area contributed by atoms with Crippen molar-refractivity contribution in [2.45, 2.75) is 50.6 Å². The summed E-state index contributed by atoms with van der Waals surface area (Å²) in [4.78, 5) is 31.9. The number of rotatable bonds is 4. The van der Waals surface area contributed by atoms with Crippen molar-refractivity contribution in [2.24, 2.45) is 11.8 Å². The number of likely N-dealkylation sites (tertiary alicyclic amines) is 1. The Morgan fingerprint density at radius 2 is 1.66 bits per heavy atom. The van der Waals surface area contributed by atoms with Crippen molar-refractivity contribution in [3.63, 3.8) is 0 Å². The van der Waals surface area contributed by atoms with Crippen LogP contribution in [0.4, 0.5) is 5.69 Å². The Kier molecular flexibility index (Phi) is 6.58. The number of amides is 2. The molecular weight excluding hydrogens is 438 g/mol. The number of hydrogen-bond donors (Lipinski definition) is 1. The van der Waals surface area contributed by atoms with E-state index in [1.54, 1.807) is 19.0 Å². The molecule has 1 saturated carbocycles. The molecule has 0 aromatic heterocycles. The molecule has 1 aliphatic carbocycles. The first-order valence-electron chi connectivity index (χ1n) is 13.0. The Hall–Kier alpha value is -2.86. The molecule has 186 valence electrons. The summed E-state index contributed by atoms with van der Waals surface area (Å²) in [6, 6.07) is 14.2. The maximum absolute atomic E-state index is 13.7. The molecule has 35 heavy (non-hydrogen) atoms. The molecule has 2 fully saturated rings. The number of anilines is 1. The van der Waals surface area contributed by atoms with E-state index in [-0.39, 0.29) is 36.4 Å². The Bertz CT molecular complexity index is 1090. The van der Waals surface area contributed by atoms with Crippen LogP contribution in [0.15, 0.2) is 42.5 Å². The topological polar surface area (TPSA) is 64.1 Å². The number of nitrogens with zero attached hydrogens (tertiary/aromatic N) is 3. The van der Waals surface area contributed by atoms with Gasteiger partial charge in [-0.15, -0.1) is 0 Å². The summed E-state index contributed by atoms with van der Waals surface area (Å²) in [5, 5.41) is 10.3. The molecule has 3 atom stereocenters. The maximum Gasteiger partial charge on any atom is 0.253 e. The lowest BCUT2D eigenvalue weighted by Crippen LogP contribution is -2.49. The fourth-order valence-electron chi connectivity index (χ4n) is 6.53. The zero-order valence-electron chi connectivity index (χ0n) is 21.1. The third kappa shape index (κ3) is 4.22. The number of carbonyl (C=O) groups is 2. The van der Waals surface area contributed by atoms with Crippen LogP contribution in [-0.2, 0) is 4.79 Å². The van der Waals surface area contributed by atoms with Gasteiger partial charge in [0, 0.05) is 50.8 Å². The summed E-state index contributed by atoms with van der Waals surface area (Å²) >= 11 is 0. The molecule has 2 aliphatic heterocycles. The second-order valence-electron chi connectivity index (χ2n) is 10.7. The quantitative estimate of drug-likeness (QED) is 0.715. The largest absolute Gasteiger partial charge is 0.394 e. The van der Waals surface area contributed by atoms with Crippen LogP contribution in [0.5, 0.6) is 0 Å². The van der Waals surface area contributed by atoms with Gasteiger partial charge in [0.2, 0.25) is 5.91 Å². The monoisotopic (exact) mass is 475 g/mol. The number of benzene rings is 2. The van der Waals surface area contributed by atoms with Gasteiger partial charge >= 0.3 is 0 Å². The van der Waals surface area contributed by atoms with Crippen molar-refractivity contribution in [3.8, 4) is 11.1 Å². The standard InChI is InChI=1S/C29H37N3O3/c1-30(2)28(34)21-11-9-19(10-12-21)22-13-14-25-24(17-22)27-23(26(18-33)31(25)3)15-16-32(27)29(35)20-7-5-4-6-8-20/h9-14,17,20,23,26-27,33H,4-8,15-16,18H2,1-3H3/t23-,26-,27-/m1/s1. The first-order valence-corrected chi connectivity index (χ1v) is 13.0. The molecule has 2 amide bonds. The van der Waals surface area contributed by atoms with Gasteiger partial charge in [-0.25, -0.2) is 0 Å². The molecule has 2 aromatic carbocycles. The minimum Gasteiger partial charge on any atom is -0.394 e. The maximum atomic E-state index is 13.7. The van der Waals surface area contributed by atoms with Crippen LogP contribution in [-0.4, -0.2) is 67.1 Å². The number of aliphatic hydroxyl groups is 1. The van der Waals surface area contributed by atoms with Crippen LogP contribution in [0.2, 0.25) is 0 Å². The van der Waals surface area contributed by atoms with Crippen LogP contribution in [0.25, 0.3) is 11.1 Å². The second kappa shape index (κ2) is 9.65. The Morgan fingerprint density at radius 3 is 2.31 bits per heavy atom. The molecule has 0 spiro atoms. The molecule has 2 aromatic rings. The van der Waals surface area contributed by atoms with Gasteiger partial charge in [0.25, 0.3) is 5.91 Å². The summed E-state index contributed by atoms with van der Waals surface area (Å²) in [5.74, 6) is 0.661. The summed E-state index contributed by atoms with van der Waals surface area (Å²) < 4.78 is 0. The first kappa shape index (κ1) is 23.9. The molecule has 0 unspecified atom stereocenters. The summed E-state index contributed by atoms with van der Waals surface area (Å²) in [7, 11) is 5.57. The molecule has 1 N–H and O–H groups in total. The van der Waals surface area contributed by atoms with E-state index < -0.39 is 0 Å². The zero-order valence-corrected chi connectivity index (χ0v) is 21.1. The van der Waals surface area contributed by atoms with E-state index in [9.17, 15) is 14.7 Å². The average molecular weight is 476 g/mol. The number of carbonyl (C=O) groups excluding carboxylic acids is 2. The first-order chi connectivity index (χ1) is 16.9. The molecule has 5 rings (SSSR count). The predicted octanol–water partition coefficient (Wildman–Crippen LogP) is 4.34. The molecule has 0 radical (unpaired) electrons. The van der Waals surface area contributed by atoms with Gasteiger partial charge in [0.1, 0.15) is 0 Å². The summed E-state index contributed by atoms with van der Waals surface area (Å²) in [6.45, 7) is 0.853. The third-order valence-corrected chi connectivity index (χ3v) is 8.46. The Labute approximate surface area is 208 Å². The van der Waals surface area contributed by atoms with E-state index in [4.69, 9.17) is 0 Å². The highest BCUT2D eigenvalue weighted by Crippen LogP contribution is 2.50. The van der Waals surface area contributed by atoms with E-state index in [1.807, 2.05) is 24.3 Å². The molecule has 3 aliphatic rings. The van der Waals surface area contributed by atoms with Crippen LogP contribution >= 0.6 is 0 Å². The number of fused-ring (bicyclic) bond motifs is 3. The molecule has 6 heteroatoms. The number of aliphatic hydroxyl groups excluding tert-OH is 1. The molecule has 0 bridgehead atoms. The third-order valence-electron chi connectivity index (χ3n) is 8.46. The van der Waals surface area contributed by atoms with Crippen LogP contribution < -0.4 is 4.90 Å². The van der Waals surface area contributed by atoms with Crippen molar-refractivity contribution < 1.29 is 14.7 Å². The fraction of sp³-hybridized carbons (Fsp3) is 0.517. The molecule has 2 heterocycles. The highest BCUT2D eigenvalue weighted by Gasteiger charge is 2.48. The number of hydrogen-bond acceptors (Lipinski definition) is 4. The summed E-state index contributed by atoms with van der Waals surface area (Å²) in [6.07, 6.45) is 6.45. The minimum atomic E-state index is -0.00988. The van der Waals surface area contributed by atoms with E-state index in [1.165, 1.54) is 12.0 Å². The van der Waals surface area contributed by atoms with Gasteiger partial charge in [0.05, 0.1) is 18.7 Å². The van der Waals surface area contributed by atoms with E-state index in [0.29, 0.717) is 11.5 Å². The van der Waals surface area contributed by atoms with Gasteiger partial charge in [-0.05, 0) is 60.2 Å². The lowest BCUT2D eigenvalue weighted by Gasteiger charge is -2.45. The van der Waals surface area contributed by atoms with Gasteiger partial charge in [-0.3, -0.25) is 9.59 Å². The fourth-order valence-corrected chi connectivity index (χ4v) is 6.53. The van der Waals surface area contributed by atoms with E-state index in [2.05, 4.69) is 35.0 Å². The highest BCUT2D eigenvalue weighted by atomic mass is 16.3. The van der Waals surface area contributed by atoms with Crippen molar-refractivity contribution in [2.75, 3.05) is 39.2 Å². The van der Waals surface area contributed by atoms with Gasteiger partial charge in [-0.2, -0.15) is 0 Å². The lowest BCUT2D eigenvalue weighted by atomic mass is 9.80. The SMILES string of the molecule is CN(C)C(=O)c1ccc(-c2ccc3c(c2)[C@H]2[C@H](CCN2C(=O)C2CCCCC2)[C@@H](CO)N3C)cc1. The van der Waals surface area contributed by atoms with Gasteiger partial charge in [-0.1, -0.05) is 37.5 Å². The van der Waals surface area contributed by atoms with E-state index in [0.717, 1.165) is 55.5 Å². The van der Waals surface area contributed by atoms with E-state index >= 15 is 0 Å². The second-order valence-corrected chi connectivity index (χ2v) is 10.7. The molecular formula is C29H37N3O3. The Morgan fingerprint density at radius 1 is 0.971 bits per heavy atom. The molecule has 1 saturated heterocycles. The average Bonchev–Trinajstić information content (AvgIpc) is 3.33. The molecule has 6 nitrogen and oxygen atoms in total. The van der Waals surface area contributed by atoms with Crippen molar-refractivity contribution in [1.82, 2.24) is 9.80 Å². The van der Waals surface area contributed by atoms with Crippen LogP contribution in [0.3, 0.4) is 0 Å². The number of likely N-dealkylation sites (N-methyl/N-ethyl adjacent to an activating group) is 1. The summed E-state index contributed by atoms with van der Waals surface area (Å²) in [5.41, 5.74) is 5.07. The van der Waals surface area contributed by atoms with Crippen molar-refractivity contribution >= 4 is 17.5 Å². The Balaban J connectivity index is 1.51. The van der Waals surface area contributed by atoms with Crippen molar-refractivity contribution in [1.29, 1.82) is 0 Å². The highest BCUT2D eigenvalue weighted by molar-refractivity contribution is 5.94. The zero-order chi connectivity index (χ0) is 24.7. The predicted molar refractivity (Wildman–Crippen MR) is 138 cm³/mol.